The molecule has 2 aliphatic rings. The summed E-state index contributed by atoms with van der Waals surface area (Å²) in [7, 11) is 0. The molecule has 0 aromatic rings. The van der Waals surface area contributed by atoms with Crippen molar-refractivity contribution in [1.82, 2.24) is 10.2 Å². The molecule has 0 spiro atoms. The van der Waals surface area contributed by atoms with Crippen LogP contribution in [0.15, 0.2) is 0 Å². The van der Waals surface area contributed by atoms with E-state index in [1.54, 1.807) is 0 Å². The Morgan fingerprint density at radius 1 is 1.22 bits per heavy atom. The molecular weight excluding hydrogens is 228 g/mol. The van der Waals surface area contributed by atoms with Crippen LogP contribution in [0.25, 0.3) is 0 Å². The monoisotopic (exact) mass is 254 g/mol. The minimum atomic E-state index is -0.401. The van der Waals surface area contributed by atoms with Crippen molar-refractivity contribution in [2.45, 2.75) is 70.6 Å². The number of nitrogens with one attached hydrogen (secondary N) is 1. The quantitative estimate of drug-likeness (QED) is 0.722. The molecule has 4 nitrogen and oxygen atoms in total. The molecule has 18 heavy (non-hydrogen) atoms. The van der Waals surface area contributed by atoms with Gasteiger partial charge in [-0.3, -0.25) is 0 Å². The third kappa shape index (κ3) is 3.37. The molecule has 0 aliphatic carbocycles. The van der Waals surface area contributed by atoms with Gasteiger partial charge in [-0.2, -0.15) is 0 Å². The Morgan fingerprint density at radius 2 is 2.00 bits per heavy atom. The van der Waals surface area contributed by atoms with Gasteiger partial charge in [-0.1, -0.05) is 6.42 Å². The molecule has 2 saturated heterocycles. The zero-order chi connectivity index (χ0) is 13.2. The first-order valence-corrected chi connectivity index (χ1v) is 7.20. The SMILES string of the molecule is CC(C)(C)OC(=O)N1CCC[C@@H]2NCCCC[C@H]21. The van der Waals surface area contributed by atoms with Crippen LogP contribution in [0.2, 0.25) is 0 Å². The van der Waals surface area contributed by atoms with Gasteiger partial charge in [0, 0.05) is 12.6 Å². The summed E-state index contributed by atoms with van der Waals surface area (Å²) in [6.07, 6.45) is 5.65. The summed E-state index contributed by atoms with van der Waals surface area (Å²) >= 11 is 0. The maximum atomic E-state index is 12.3. The van der Waals surface area contributed by atoms with Crippen LogP contribution < -0.4 is 5.32 Å². The summed E-state index contributed by atoms with van der Waals surface area (Å²) in [5.74, 6) is 0. The van der Waals surface area contributed by atoms with E-state index >= 15 is 0 Å². The molecule has 2 atom stereocenters. The smallest absolute Gasteiger partial charge is 0.410 e. The topological polar surface area (TPSA) is 41.6 Å². The van der Waals surface area contributed by atoms with E-state index in [1.807, 2.05) is 25.7 Å². The number of carbonyl (C=O) groups excluding carboxylic acids is 1. The van der Waals surface area contributed by atoms with Gasteiger partial charge in [0.15, 0.2) is 0 Å². The lowest BCUT2D eigenvalue weighted by molar-refractivity contribution is 0.00433. The summed E-state index contributed by atoms with van der Waals surface area (Å²) in [6.45, 7) is 7.72. The van der Waals surface area contributed by atoms with Crippen molar-refractivity contribution in [2.24, 2.45) is 0 Å². The van der Waals surface area contributed by atoms with Crippen LogP contribution in [-0.4, -0.2) is 41.8 Å². The van der Waals surface area contributed by atoms with Gasteiger partial charge in [-0.05, 0) is 53.0 Å². The molecule has 0 radical (unpaired) electrons. The Kier molecular flexibility index (Phi) is 4.15. The van der Waals surface area contributed by atoms with Gasteiger partial charge in [0.2, 0.25) is 0 Å². The number of nitrogens with zero attached hydrogens (tertiary/aromatic N) is 1. The normalized spacial score (nSPS) is 29.4. The highest BCUT2D eigenvalue weighted by atomic mass is 16.6. The number of amides is 1. The zero-order valence-electron chi connectivity index (χ0n) is 11.9. The molecule has 0 bridgehead atoms. The van der Waals surface area contributed by atoms with Crippen molar-refractivity contribution in [1.29, 1.82) is 0 Å². The van der Waals surface area contributed by atoms with E-state index in [9.17, 15) is 4.79 Å². The van der Waals surface area contributed by atoms with Crippen LogP contribution in [0, 0.1) is 0 Å². The van der Waals surface area contributed by atoms with Gasteiger partial charge in [0.1, 0.15) is 5.60 Å². The second-order valence-electron chi connectivity index (χ2n) is 6.44. The summed E-state index contributed by atoms with van der Waals surface area (Å²) in [5, 5.41) is 3.58. The third-order valence-corrected chi connectivity index (χ3v) is 3.74. The van der Waals surface area contributed by atoms with Crippen LogP contribution in [-0.2, 0) is 4.74 Å². The van der Waals surface area contributed by atoms with Crippen LogP contribution in [0.1, 0.15) is 52.9 Å². The maximum absolute atomic E-state index is 12.3. The number of fused-ring (bicyclic) bond motifs is 1. The molecule has 0 unspecified atom stereocenters. The summed E-state index contributed by atoms with van der Waals surface area (Å²) in [4.78, 5) is 14.2. The number of hydrogen-bond acceptors (Lipinski definition) is 3. The first kappa shape index (κ1) is 13.7. The van der Waals surface area contributed by atoms with Gasteiger partial charge >= 0.3 is 6.09 Å². The number of rotatable bonds is 0. The van der Waals surface area contributed by atoms with Crippen LogP contribution in [0.4, 0.5) is 4.79 Å². The minimum absolute atomic E-state index is 0.138. The zero-order valence-corrected chi connectivity index (χ0v) is 11.9. The molecular formula is C14H26N2O2. The molecule has 0 saturated carbocycles. The molecule has 0 aromatic carbocycles. The number of hydrogen-bond donors (Lipinski definition) is 1. The third-order valence-electron chi connectivity index (χ3n) is 3.74. The fourth-order valence-electron chi connectivity index (χ4n) is 2.97. The lowest BCUT2D eigenvalue weighted by atomic mass is 9.94. The first-order chi connectivity index (χ1) is 8.47. The molecule has 2 fully saturated rings. The molecule has 2 heterocycles. The second-order valence-corrected chi connectivity index (χ2v) is 6.44. The molecule has 2 rings (SSSR count). The van der Waals surface area contributed by atoms with Crippen molar-refractivity contribution >= 4 is 6.09 Å². The predicted octanol–water partition coefficient (Wildman–Crippen LogP) is 2.53. The van der Waals surface area contributed by atoms with Crippen molar-refractivity contribution in [3.8, 4) is 0 Å². The molecule has 1 N–H and O–H groups in total. The highest BCUT2D eigenvalue weighted by Gasteiger charge is 2.36. The largest absolute Gasteiger partial charge is 0.444 e. The number of ether oxygens (including phenoxy) is 1. The van der Waals surface area contributed by atoms with E-state index in [4.69, 9.17) is 4.74 Å². The molecule has 4 heteroatoms. The van der Waals surface area contributed by atoms with Gasteiger partial charge in [-0.25, -0.2) is 4.79 Å². The molecule has 0 aromatic heterocycles. The van der Waals surface area contributed by atoms with E-state index in [1.165, 1.54) is 19.3 Å². The first-order valence-electron chi connectivity index (χ1n) is 7.20. The average molecular weight is 254 g/mol. The van der Waals surface area contributed by atoms with Crippen LogP contribution in [0.5, 0.6) is 0 Å². The second kappa shape index (κ2) is 5.47. The number of piperidine rings is 1. The van der Waals surface area contributed by atoms with Crippen molar-refractivity contribution < 1.29 is 9.53 Å². The van der Waals surface area contributed by atoms with Crippen molar-refractivity contribution in [3.05, 3.63) is 0 Å². The van der Waals surface area contributed by atoms with Gasteiger partial charge in [-0.15, -0.1) is 0 Å². The van der Waals surface area contributed by atoms with E-state index in [2.05, 4.69) is 5.32 Å². The van der Waals surface area contributed by atoms with Gasteiger partial charge in [0.05, 0.1) is 6.04 Å². The van der Waals surface area contributed by atoms with E-state index < -0.39 is 5.60 Å². The van der Waals surface area contributed by atoms with E-state index in [-0.39, 0.29) is 6.09 Å². The Hall–Kier alpha value is -0.770. The Morgan fingerprint density at radius 3 is 2.72 bits per heavy atom. The van der Waals surface area contributed by atoms with Crippen LogP contribution >= 0.6 is 0 Å². The lowest BCUT2D eigenvalue weighted by Crippen LogP contribution is -2.55. The van der Waals surface area contributed by atoms with Crippen molar-refractivity contribution in [2.75, 3.05) is 13.1 Å². The van der Waals surface area contributed by atoms with E-state index in [0.29, 0.717) is 12.1 Å². The molecule has 1 amide bonds. The Balaban J connectivity index is 2.03. The Labute approximate surface area is 110 Å². The van der Waals surface area contributed by atoms with Crippen LogP contribution in [0.3, 0.4) is 0 Å². The highest BCUT2D eigenvalue weighted by molar-refractivity contribution is 5.68. The standard InChI is InChI=1S/C14H26N2O2/c1-14(2,3)18-13(17)16-10-6-7-11-12(16)8-4-5-9-15-11/h11-12,15H,4-10H2,1-3H3/t11-,12+/m0/s1. The Bertz CT molecular complexity index is 299. The summed E-state index contributed by atoms with van der Waals surface area (Å²) in [5.41, 5.74) is -0.401. The van der Waals surface area contributed by atoms with Gasteiger partial charge < -0.3 is 15.0 Å². The number of carbonyl (C=O) groups is 1. The lowest BCUT2D eigenvalue weighted by Gasteiger charge is -2.41. The fourth-order valence-corrected chi connectivity index (χ4v) is 2.97. The fraction of sp³-hybridized carbons (Fsp3) is 0.929. The van der Waals surface area contributed by atoms with E-state index in [0.717, 1.165) is 25.9 Å². The summed E-state index contributed by atoms with van der Waals surface area (Å²) in [6, 6.07) is 0.796. The highest BCUT2D eigenvalue weighted by Crippen LogP contribution is 2.26. The number of likely N-dealkylation sites (tertiary alicyclic amines) is 1. The molecule has 104 valence electrons. The minimum Gasteiger partial charge on any atom is -0.444 e. The summed E-state index contributed by atoms with van der Waals surface area (Å²) < 4.78 is 5.53. The predicted molar refractivity (Wildman–Crippen MR) is 71.6 cm³/mol. The maximum Gasteiger partial charge on any atom is 0.410 e. The van der Waals surface area contributed by atoms with Gasteiger partial charge in [0.25, 0.3) is 0 Å². The van der Waals surface area contributed by atoms with Crippen molar-refractivity contribution in [3.63, 3.8) is 0 Å². The molecule has 2 aliphatic heterocycles. The average Bonchev–Trinajstić information content (AvgIpc) is 2.50.